The lowest BCUT2D eigenvalue weighted by Crippen LogP contribution is -2.35. The van der Waals surface area contributed by atoms with Crippen molar-refractivity contribution in [3.05, 3.63) is 83.3 Å². The molecule has 134 valence electrons. The molecule has 0 unspecified atom stereocenters. The van der Waals surface area contributed by atoms with Gasteiger partial charge in [0.2, 0.25) is 0 Å². The summed E-state index contributed by atoms with van der Waals surface area (Å²) in [6.45, 7) is 0.108. The molecule has 2 aromatic heterocycles. The normalized spacial score (nSPS) is 10.1. The highest BCUT2D eigenvalue weighted by atomic mass is 35.5. The number of benzene rings is 1. The van der Waals surface area contributed by atoms with Crippen molar-refractivity contribution in [2.24, 2.45) is 0 Å². The standard InChI is InChI=1S/C20H15ClN4O2/c21-18-4-1-5-19(24-18)25(13-16-3-2-10-23-12-16)20(26)14-27-17-8-6-15(11-22)7-9-17/h1-10,12H,13-14H2. The summed E-state index contributed by atoms with van der Waals surface area (Å²) in [6, 6.07) is 17.4. The van der Waals surface area contributed by atoms with Gasteiger partial charge in [-0.15, -0.1) is 0 Å². The Morgan fingerprint density at radius 2 is 1.96 bits per heavy atom. The summed E-state index contributed by atoms with van der Waals surface area (Å²) in [6.07, 6.45) is 3.35. The largest absolute Gasteiger partial charge is 0.484 e. The third kappa shape index (κ3) is 5.03. The summed E-state index contributed by atoms with van der Waals surface area (Å²) in [5, 5.41) is 9.13. The second-order valence-electron chi connectivity index (χ2n) is 5.58. The topological polar surface area (TPSA) is 79.1 Å². The van der Waals surface area contributed by atoms with E-state index in [1.807, 2.05) is 12.1 Å². The third-order valence-corrected chi connectivity index (χ3v) is 3.90. The van der Waals surface area contributed by atoms with Gasteiger partial charge in [-0.05, 0) is 48.0 Å². The van der Waals surface area contributed by atoms with Gasteiger partial charge in [0.05, 0.1) is 18.2 Å². The molecule has 0 saturated heterocycles. The van der Waals surface area contributed by atoms with Crippen LogP contribution >= 0.6 is 11.6 Å². The second kappa shape index (κ2) is 8.79. The molecule has 0 fully saturated rings. The first-order valence-corrected chi connectivity index (χ1v) is 8.48. The number of carbonyl (C=O) groups excluding carboxylic acids is 1. The number of carbonyl (C=O) groups is 1. The minimum atomic E-state index is -0.280. The van der Waals surface area contributed by atoms with Crippen molar-refractivity contribution in [1.82, 2.24) is 9.97 Å². The van der Waals surface area contributed by atoms with Crippen molar-refractivity contribution < 1.29 is 9.53 Å². The first-order valence-electron chi connectivity index (χ1n) is 8.10. The average molecular weight is 379 g/mol. The van der Waals surface area contributed by atoms with Crippen LogP contribution in [0.25, 0.3) is 0 Å². The number of halogens is 1. The number of nitrogens with zero attached hydrogens (tertiary/aromatic N) is 4. The maximum Gasteiger partial charge on any atom is 0.266 e. The first-order chi connectivity index (χ1) is 13.2. The summed E-state index contributed by atoms with van der Waals surface area (Å²) in [7, 11) is 0. The molecule has 6 nitrogen and oxygen atoms in total. The number of nitriles is 1. The summed E-state index contributed by atoms with van der Waals surface area (Å²) in [5.41, 5.74) is 1.38. The number of aromatic nitrogens is 2. The van der Waals surface area contributed by atoms with Crippen LogP contribution < -0.4 is 9.64 Å². The molecule has 3 rings (SSSR count). The Labute approximate surface area is 161 Å². The molecule has 0 aliphatic carbocycles. The van der Waals surface area contributed by atoms with Crippen molar-refractivity contribution in [2.75, 3.05) is 11.5 Å². The molecule has 1 aromatic carbocycles. The molecule has 27 heavy (non-hydrogen) atoms. The van der Waals surface area contributed by atoms with Gasteiger partial charge < -0.3 is 4.74 Å². The van der Waals surface area contributed by atoms with E-state index in [0.717, 1.165) is 5.56 Å². The molecule has 0 saturated carbocycles. The summed E-state index contributed by atoms with van der Waals surface area (Å²) < 4.78 is 5.56. The van der Waals surface area contributed by atoms with Crippen LogP contribution in [0.2, 0.25) is 5.15 Å². The van der Waals surface area contributed by atoms with Gasteiger partial charge in [0.25, 0.3) is 5.91 Å². The SMILES string of the molecule is N#Cc1ccc(OCC(=O)N(Cc2cccnc2)c2cccc(Cl)n2)cc1. The van der Waals surface area contributed by atoms with Crippen LogP contribution in [0.15, 0.2) is 67.0 Å². The van der Waals surface area contributed by atoms with Gasteiger partial charge in [0, 0.05) is 12.4 Å². The number of amides is 1. The monoisotopic (exact) mass is 378 g/mol. The van der Waals surface area contributed by atoms with E-state index in [1.54, 1.807) is 60.9 Å². The lowest BCUT2D eigenvalue weighted by Gasteiger charge is -2.22. The van der Waals surface area contributed by atoms with Crippen LogP contribution in [0.5, 0.6) is 5.75 Å². The zero-order valence-electron chi connectivity index (χ0n) is 14.2. The predicted octanol–water partition coefficient (Wildman–Crippen LogP) is 3.61. The van der Waals surface area contributed by atoms with E-state index in [-0.39, 0.29) is 19.1 Å². The van der Waals surface area contributed by atoms with E-state index in [0.29, 0.717) is 22.3 Å². The summed E-state index contributed by atoms with van der Waals surface area (Å²) in [5.74, 6) is 0.653. The van der Waals surface area contributed by atoms with Crippen molar-refractivity contribution >= 4 is 23.3 Å². The Balaban J connectivity index is 1.76. The molecule has 3 aromatic rings. The van der Waals surface area contributed by atoms with E-state index in [9.17, 15) is 4.79 Å². The summed E-state index contributed by atoms with van der Waals surface area (Å²) in [4.78, 5) is 22.6. The highest BCUT2D eigenvalue weighted by Crippen LogP contribution is 2.18. The smallest absolute Gasteiger partial charge is 0.266 e. The predicted molar refractivity (Wildman–Crippen MR) is 101 cm³/mol. The fourth-order valence-electron chi connectivity index (χ4n) is 2.37. The van der Waals surface area contributed by atoms with Gasteiger partial charge in [0.15, 0.2) is 6.61 Å². The molecule has 0 radical (unpaired) electrons. The molecular weight excluding hydrogens is 364 g/mol. The Kier molecular flexibility index (Phi) is 5.98. The van der Waals surface area contributed by atoms with Crippen LogP contribution in [-0.2, 0) is 11.3 Å². The Bertz CT molecular complexity index is 956. The molecule has 2 heterocycles. The fourth-order valence-corrected chi connectivity index (χ4v) is 2.53. The molecule has 0 bridgehead atoms. The Hall–Kier alpha value is -3.43. The lowest BCUT2D eigenvalue weighted by atomic mass is 10.2. The molecule has 0 aliphatic rings. The van der Waals surface area contributed by atoms with Crippen molar-refractivity contribution in [1.29, 1.82) is 5.26 Å². The van der Waals surface area contributed by atoms with Gasteiger partial charge in [0.1, 0.15) is 16.7 Å². The quantitative estimate of drug-likeness (QED) is 0.612. The van der Waals surface area contributed by atoms with Crippen LogP contribution in [0.1, 0.15) is 11.1 Å². The highest BCUT2D eigenvalue weighted by Gasteiger charge is 2.18. The van der Waals surface area contributed by atoms with Crippen LogP contribution in [0.3, 0.4) is 0 Å². The van der Waals surface area contributed by atoms with Crippen LogP contribution in [0.4, 0.5) is 5.82 Å². The maximum absolute atomic E-state index is 12.8. The van der Waals surface area contributed by atoms with Crippen LogP contribution in [-0.4, -0.2) is 22.5 Å². The van der Waals surface area contributed by atoms with E-state index in [2.05, 4.69) is 9.97 Å². The number of pyridine rings is 2. The molecule has 7 heteroatoms. The number of anilines is 1. The van der Waals surface area contributed by atoms with E-state index < -0.39 is 0 Å². The van der Waals surface area contributed by atoms with Crippen molar-refractivity contribution in [3.8, 4) is 11.8 Å². The lowest BCUT2D eigenvalue weighted by molar-refractivity contribution is -0.120. The number of ether oxygens (including phenoxy) is 1. The van der Waals surface area contributed by atoms with Gasteiger partial charge in [-0.3, -0.25) is 14.7 Å². The van der Waals surface area contributed by atoms with Gasteiger partial charge in [-0.1, -0.05) is 23.7 Å². The Morgan fingerprint density at radius 3 is 2.63 bits per heavy atom. The fraction of sp³-hybridized carbons (Fsp3) is 0.100. The van der Waals surface area contributed by atoms with Gasteiger partial charge in [-0.25, -0.2) is 4.98 Å². The number of hydrogen-bond donors (Lipinski definition) is 0. The average Bonchev–Trinajstić information content (AvgIpc) is 2.71. The zero-order chi connectivity index (χ0) is 19.1. The molecule has 0 aliphatic heterocycles. The minimum absolute atomic E-state index is 0.180. The van der Waals surface area contributed by atoms with E-state index in [4.69, 9.17) is 21.6 Å². The molecule has 1 amide bonds. The highest BCUT2D eigenvalue weighted by molar-refractivity contribution is 6.29. The number of rotatable bonds is 6. The van der Waals surface area contributed by atoms with Gasteiger partial charge in [-0.2, -0.15) is 5.26 Å². The molecular formula is C20H15ClN4O2. The van der Waals surface area contributed by atoms with Crippen molar-refractivity contribution in [3.63, 3.8) is 0 Å². The first kappa shape index (κ1) is 18.4. The minimum Gasteiger partial charge on any atom is -0.484 e. The maximum atomic E-state index is 12.8. The van der Waals surface area contributed by atoms with Crippen molar-refractivity contribution in [2.45, 2.75) is 6.54 Å². The second-order valence-corrected chi connectivity index (χ2v) is 5.97. The molecule has 0 atom stereocenters. The molecule has 0 N–H and O–H groups in total. The number of hydrogen-bond acceptors (Lipinski definition) is 5. The van der Waals surface area contributed by atoms with E-state index in [1.165, 1.54) is 4.90 Å². The third-order valence-electron chi connectivity index (χ3n) is 3.69. The zero-order valence-corrected chi connectivity index (χ0v) is 15.0. The van der Waals surface area contributed by atoms with Gasteiger partial charge >= 0.3 is 0 Å². The Morgan fingerprint density at radius 1 is 1.15 bits per heavy atom. The summed E-state index contributed by atoms with van der Waals surface area (Å²) >= 11 is 5.98. The molecule has 0 spiro atoms. The van der Waals surface area contributed by atoms with Crippen LogP contribution in [0, 0.1) is 11.3 Å². The van der Waals surface area contributed by atoms with E-state index >= 15 is 0 Å².